The van der Waals surface area contributed by atoms with Gasteiger partial charge in [0.05, 0.1) is 13.2 Å². The molecule has 1 saturated heterocycles. The third kappa shape index (κ3) is 41.7. The summed E-state index contributed by atoms with van der Waals surface area (Å²) < 4.78 is 22.2. The quantitative estimate of drug-likeness (QED) is 0.0263. The third-order valence-corrected chi connectivity index (χ3v) is 13.6. The van der Waals surface area contributed by atoms with Crippen LogP contribution in [0.2, 0.25) is 0 Å². The lowest BCUT2D eigenvalue weighted by molar-refractivity contribution is -0.305. The first-order chi connectivity index (χ1) is 34.8. The first-order valence-electron chi connectivity index (χ1n) is 29.7. The number of allylic oxidation sites excluding steroid dienone is 8. The molecular formula is C61H110O10. The van der Waals surface area contributed by atoms with Crippen molar-refractivity contribution in [1.82, 2.24) is 0 Å². The summed E-state index contributed by atoms with van der Waals surface area (Å²) in [6.07, 6.45) is 57.3. The van der Waals surface area contributed by atoms with Crippen LogP contribution in [-0.4, -0.2) is 89.0 Å². The van der Waals surface area contributed by atoms with E-state index in [1.54, 1.807) is 0 Å². The molecule has 10 nitrogen and oxygen atoms in total. The normalized spacial score (nSPS) is 19.0. The molecule has 4 N–H and O–H groups in total. The van der Waals surface area contributed by atoms with Crippen LogP contribution in [0.4, 0.5) is 0 Å². The van der Waals surface area contributed by atoms with E-state index in [4.69, 9.17) is 18.9 Å². The molecule has 71 heavy (non-hydrogen) atoms. The molecule has 1 aliphatic rings. The molecule has 10 heteroatoms. The fourth-order valence-electron chi connectivity index (χ4n) is 9.00. The van der Waals surface area contributed by atoms with Gasteiger partial charge in [-0.1, -0.05) is 229 Å². The Bertz CT molecular complexity index is 1300. The molecule has 0 aliphatic carbocycles. The Balaban J connectivity index is 2.25. The minimum atomic E-state index is -1.61. The van der Waals surface area contributed by atoms with E-state index in [-0.39, 0.29) is 26.1 Å². The highest BCUT2D eigenvalue weighted by Crippen LogP contribution is 2.23. The highest BCUT2D eigenvalue weighted by atomic mass is 16.7. The van der Waals surface area contributed by atoms with Crippen LogP contribution in [0, 0.1) is 0 Å². The number of hydrogen-bond donors (Lipinski definition) is 4. The van der Waals surface area contributed by atoms with Crippen molar-refractivity contribution < 1.29 is 49.0 Å². The largest absolute Gasteiger partial charge is 0.462 e. The minimum absolute atomic E-state index is 0.162. The zero-order valence-corrected chi connectivity index (χ0v) is 45.7. The van der Waals surface area contributed by atoms with Gasteiger partial charge in [0.15, 0.2) is 12.4 Å². The zero-order chi connectivity index (χ0) is 51.5. The number of aliphatic hydroxyl groups is 4. The summed E-state index contributed by atoms with van der Waals surface area (Å²) in [4.78, 5) is 25.5. The van der Waals surface area contributed by atoms with Gasteiger partial charge < -0.3 is 39.4 Å². The van der Waals surface area contributed by atoms with Crippen LogP contribution in [0.25, 0.3) is 0 Å². The number of carbonyl (C=O) groups is 2. The van der Waals surface area contributed by atoms with Gasteiger partial charge >= 0.3 is 11.9 Å². The molecule has 0 aromatic rings. The standard InChI is InChI=1S/C61H110O10/c1-3-5-7-9-11-13-15-17-19-21-23-25-27-29-31-33-35-37-39-41-43-45-47-49-56(63)68-52-54(53-69-61-60(67)59(66)58(65)55(51-62)71-61)70-57(64)50-48-46-44-42-40-38-36-34-32-30-28-26-24-22-20-18-16-14-12-10-8-6-4-2/h33-36,41-44,54-55,58-62,65-67H,3-32,37-40,45-53H2,1-2H3/b35-33+,36-34+,43-41+,44-42+/t54-,55-,58+,59?,60?,61-/m0/s1. The molecule has 1 aliphatic heterocycles. The van der Waals surface area contributed by atoms with Gasteiger partial charge in [-0.25, -0.2) is 0 Å². The third-order valence-electron chi connectivity index (χ3n) is 13.6. The molecule has 6 atom stereocenters. The highest BCUT2D eigenvalue weighted by molar-refractivity contribution is 5.70. The van der Waals surface area contributed by atoms with Crippen molar-refractivity contribution in [2.24, 2.45) is 0 Å². The maximum absolute atomic E-state index is 12.9. The number of unbranched alkanes of at least 4 members (excludes halogenated alkanes) is 32. The fraction of sp³-hybridized carbons (Fsp3) is 0.836. The molecule has 0 amide bonds. The van der Waals surface area contributed by atoms with Crippen LogP contribution in [-0.2, 0) is 28.5 Å². The summed E-state index contributed by atoms with van der Waals surface area (Å²) in [7, 11) is 0. The van der Waals surface area contributed by atoms with E-state index in [1.165, 1.54) is 180 Å². The number of aliphatic hydroxyl groups excluding tert-OH is 4. The predicted molar refractivity (Wildman–Crippen MR) is 293 cm³/mol. The van der Waals surface area contributed by atoms with E-state index < -0.39 is 55.4 Å². The Hall–Kier alpha value is -2.34. The average Bonchev–Trinajstić information content (AvgIpc) is 3.37. The molecule has 0 aromatic heterocycles. The maximum Gasteiger partial charge on any atom is 0.306 e. The van der Waals surface area contributed by atoms with Gasteiger partial charge in [0, 0.05) is 12.8 Å². The Morgan fingerprint density at radius 2 is 0.761 bits per heavy atom. The smallest absolute Gasteiger partial charge is 0.306 e. The Morgan fingerprint density at radius 3 is 1.14 bits per heavy atom. The number of carbonyl (C=O) groups excluding carboxylic acids is 2. The van der Waals surface area contributed by atoms with Crippen molar-refractivity contribution in [3.63, 3.8) is 0 Å². The van der Waals surface area contributed by atoms with Crippen LogP contribution < -0.4 is 0 Å². The molecule has 1 fully saturated rings. The SMILES string of the molecule is CCCCCCCCCCCCCCCC/C=C/CC/C=C/CCCC(=O)OC[C@@H](CO[C@H]1O[C@@H](CO)[C@@H](O)C(O)C1O)OC(=O)CCC/C=C/CC/C=C/CCCCCCCCCCCCCCCC. The predicted octanol–water partition coefficient (Wildman–Crippen LogP) is 15.1. The van der Waals surface area contributed by atoms with Crippen LogP contribution in [0.1, 0.15) is 271 Å². The summed E-state index contributed by atoms with van der Waals surface area (Å²) in [6.45, 7) is 3.40. The second-order valence-corrected chi connectivity index (χ2v) is 20.4. The molecule has 2 unspecified atom stereocenters. The lowest BCUT2D eigenvalue weighted by atomic mass is 9.99. The second kappa shape index (κ2) is 51.2. The highest BCUT2D eigenvalue weighted by Gasteiger charge is 2.44. The zero-order valence-electron chi connectivity index (χ0n) is 45.7. The summed E-state index contributed by atoms with van der Waals surface area (Å²) in [5.74, 6) is -0.897. The van der Waals surface area contributed by atoms with Crippen LogP contribution in [0.3, 0.4) is 0 Å². The topological polar surface area (TPSA) is 152 Å². The molecule has 0 spiro atoms. The van der Waals surface area contributed by atoms with E-state index in [2.05, 4.69) is 62.5 Å². The average molecular weight is 1000 g/mol. The molecule has 0 aromatic carbocycles. The van der Waals surface area contributed by atoms with E-state index in [0.717, 1.165) is 51.4 Å². The Kier molecular flexibility index (Phi) is 48.0. The number of esters is 2. The monoisotopic (exact) mass is 1000 g/mol. The van der Waals surface area contributed by atoms with Crippen LogP contribution in [0.15, 0.2) is 48.6 Å². The number of hydrogen-bond acceptors (Lipinski definition) is 10. The summed E-state index contributed by atoms with van der Waals surface area (Å²) >= 11 is 0. The Morgan fingerprint density at radius 1 is 0.423 bits per heavy atom. The Labute approximate surface area is 435 Å². The van der Waals surface area contributed by atoms with Crippen molar-refractivity contribution >= 4 is 11.9 Å². The van der Waals surface area contributed by atoms with Crippen LogP contribution >= 0.6 is 0 Å². The lowest BCUT2D eigenvalue weighted by Gasteiger charge is -2.39. The molecule has 1 rings (SSSR count). The number of rotatable bonds is 51. The van der Waals surface area contributed by atoms with E-state index in [0.29, 0.717) is 12.8 Å². The van der Waals surface area contributed by atoms with Gasteiger partial charge in [0.1, 0.15) is 31.0 Å². The molecule has 0 saturated carbocycles. The number of ether oxygens (including phenoxy) is 4. The molecule has 414 valence electrons. The minimum Gasteiger partial charge on any atom is -0.462 e. The summed E-state index contributed by atoms with van der Waals surface area (Å²) in [6, 6.07) is 0. The van der Waals surface area contributed by atoms with Gasteiger partial charge in [-0.3, -0.25) is 9.59 Å². The molecule has 1 heterocycles. The second-order valence-electron chi connectivity index (χ2n) is 20.4. The molecule has 0 radical (unpaired) electrons. The van der Waals surface area contributed by atoms with Crippen molar-refractivity contribution in [3.8, 4) is 0 Å². The maximum atomic E-state index is 12.9. The van der Waals surface area contributed by atoms with Gasteiger partial charge in [-0.15, -0.1) is 0 Å². The van der Waals surface area contributed by atoms with Gasteiger partial charge in [0.2, 0.25) is 0 Å². The molecular weight excluding hydrogens is 893 g/mol. The van der Waals surface area contributed by atoms with Crippen molar-refractivity contribution in [2.45, 2.75) is 307 Å². The van der Waals surface area contributed by atoms with Gasteiger partial charge in [-0.05, 0) is 77.0 Å². The molecule has 0 bridgehead atoms. The van der Waals surface area contributed by atoms with Crippen molar-refractivity contribution in [2.75, 3.05) is 19.8 Å². The van der Waals surface area contributed by atoms with Gasteiger partial charge in [0.25, 0.3) is 0 Å². The van der Waals surface area contributed by atoms with Crippen molar-refractivity contribution in [1.29, 1.82) is 0 Å². The van der Waals surface area contributed by atoms with E-state index >= 15 is 0 Å². The van der Waals surface area contributed by atoms with Crippen molar-refractivity contribution in [3.05, 3.63) is 48.6 Å². The van der Waals surface area contributed by atoms with E-state index in [1.807, 2.05) is 0 Å². The van der Waals surface area contributed by atoms with Gasteiger partial charge in [-0.2, -0.15) is 0 Å². The van der Waals surface area contributed by atoms with E-state index in [9.17, 15) is 30.0 Å². The first-order valence-corrected chi connectivity index (χ1v) is 29.7. The lowest BCUT2D eigenvalue weighted by Crippen LogP contribution is -2.59. The summed E-state index contributed by atoms with van der Waals surface area (Å²) in [5, 5.41) is 40.3. The first kappa shape index (κ1) is 66.7. The fourth-order valence-corrected chi connectivity index (χ4v) is 9.00. The van der Waals surface area contributed by atoms with Crippen LogP contribution in [0.5, 0.6) is 0 Å². The summed E-state index contributed by atoms with van der Waals surface area (Å²) in [5.41, 5.74) is 0.